The van der Waals surface area contributed by atoms with Crippen molar-refractivity contribution in [1.82, 2.24) is 0 Å². The molecule has 5 nitrogen and oxygen atoms in total. The lowest BCUT2D eigenvalue weighted by atomic mass is 10.0. The molecule has 0 rings (SSSR count). The molecule has 1 unspecified atom stereocenters. The van der Waals surface area contributed by atoms with Gasteiger partial charge in [-0.1, -0.05) is 203 Å². The summed E-state index contributed by atoms with van der Waals surface area (Å²) in [7, 11) is 0. The maximum absolute atomic E-state index is 12.8. The normalized spacial score (nSPS) is 12.8. The Balaban J connectivity index is 4.34. The van der Waals surface area contributed by atoms with Gasteiger partial charge < -0.3 is 14.2 Å². The monoisotopic (exact) mass is 809 g/mol. The van der Waals surface area contributed by atoms with Crippen LogP contribution in [0.1, 0.15) is 226 Å². The van der Waals surface area contributed by atoms with Crippen molar-refractivity contribution in [3.63, 3.8) is 0 Å². The van der Waals surface area contributed by atoms with Gasteiger partial charge in [0.05, 0.1) is 6.61 Å². The van der Waals surface area contributed by atoms with Gasteiger partial charge in [0.1, 0.15) is 6.61 Å². The zero-order valence-electron chi connectivity index (χ0n) is 38.3. The Labute approximate surface area is 359 Å². The number of allylic oxidation sites excluding steroid dienone is 12. The molecule has 58 heavy (non-hydrogen) atoms. The number of carbonyl (C=O) groups excluding carboxylic acids is 2. The van der Waals surface area contributed by atoms with Gasteiger partial charge in [-0.05, 0) is 83.5 Å². The van der Waals surface area contributed by atoms with E-state index in [0.29, 0.717) is 19.4 Å². The van der Waals surface area contributed by atoms with Crippen LogP contribution in [0.2, 0.25) is 0 Å². The standard InChI is InChI=1S/C53H92O5/c1-4-7-10-13-16-19-22-25-27-29-31-34-37-40-43-46-52(54)57-50-51(49-56-48-45-42-39-36-33-30-26-23-20-17-14-11-8-5-2)58-53(55)47-44-41-38-35-32-28-24-21-18-15-12-9-6-3/h7,10-11,14,16,19-20,23,25,27,31,34,51H,4-6,8-9,12-13,15,17-18,21-22,24,26,28-30,32-33,35-50H2,1-3H3/b10-7-,14-11-,19-16-,23-20-,27-25-,34-31-. The van der Waals surface area contributed by atoms with Gasteiger partial charge in [-0.25, -0.2) is 0 Å². The first-order valence-corrected chi connectivity index (χ1v) is 24.5. The molecule has 0 aromatic rings. The molecule has 0 amide bonds. The quantitative estimate of drug-likeness (QED) is 0.0348. The predicted molar refractivity (Wildman–Crippen MR) is 251 cm³/mol. The predicted octanol–water partition coefficient (Wildman–Crippen LogP) is 16.3. The molecule has 0 aliphatic carbocycles. The molecule has 0 radical (unpaired) electrons. The van der Waals surface area contributed by atoms with Gasteiger partial charge in [-0.15, -0.1) is 0 Å². The van der Waals surface area contributed by atoms with Crippen LogP contribution in [0.5, 0.6) is 0 Å². The number of unbranched alkanes of at least 4 members (excludes halogenated alkanes) is 21. The smallest absolute Gasteiger partial charge is 0.306 e. The van der Waals surface area contributed by atoms with E-state index in [1.54, 1.807) is 0 Å². The van der Waals surface area contributed by atoms with Crippen LogP contribution in [-0.2, 0) is 23.8 Å². The number of esters is 2. The van der Waals surface area contributed by atoms with E-state index in [-0.39, 0.29) is 25.2 Å². The number of hydrogen-bond donors (Lipinski definition) is 0. The van der Waals surface area contributed by atoms with E-state index >= 15 is 0 Å². The zero-order valence-corrected chi connectivity index (χ0v) is 38.3. The lowest BCUT2D eigenvalue weighted by Gasteiger charge is -2.18. The molecular weight excluding hydrogens is 717 g/mol. The van der Waals surface area contributed by atoms with Gasteiger partial charge in [0.25, 0.3) is 0 Å². The maximum Gasteiger partial charge on any atom is 0.306 e. The zero-order chi connectivity index (χ0) is 42.1. The molecule has 0 aromatic heterocycles. The molecule has 0 aliphatic heterocycles. The highest BCUT2D eigenvalue weighted by molar-refractivity contribution is 5.70. The molecule has 0 bridgehead atoms. The van der Waals surface area contributed by atoms with Gasteiger partial charge in [-0.2, -0.15) is 0 Å². The molecule has 0 saturated heterocycles. The number of rotatable bonds is 44. The summed E-state index contributed by atoms with van der Waals surface area (Å²) < 4.78 is 17.3. The van der Waals surface area contributed by atoms with Gasteiger partial charge in [0, 0.05) is 19.4 Å². The van der Waals surface area contributed by atoms with Crippen molar-refractivity contribution in [3.8, 4) is 0 Å². The summed E-state index contributed by atoms with van der Waals surface area (Å²) >= 11 is 0. The molecule has 5 heteroatoms. The van der Waals surface area contributed by atoms with Crippen LogP contribution >= 0.6 is 0 Å². The molecule has 0 saturated carbocycles. The maximum atomic E-state index is 12.8. The average Bonchev–Trinajstić information content (AvgIpc) is 3.22. The van der Waals surface area contributed by atoms with E-state index in [9.17, 15) is 9.59 Å². The van der Waals surface area contributed by atoms with Gasteiger partial charge >= 0.3 is 11.9 Å². The van der Waals surface area contributed by atoms with E-state index in [2.05, 4.69) is 93.7 Å². The van der Waals surface area contributed by atoms with E-state index in [0.717, 1.165) is 77.0 Å². The third-order valence-electron chi connectivity index (χ3n) is 10.2. The van der Waals surface area contributed by atoms with Crippen molar-refractivity contribution in [1.29, 1.82) is 0 Å². The number of hydrogen-bond acceptors (Lipinski definition) is 5. The summed E-state index contributed by atoms with van der Waals surface area (Å²) in [5.41, 5.74) is 0. The van der Waals surface area contributed by atoms with Crippen LogP contribution in [-0.4, -0.2) is 37.9 Å². The highest BCUT2D eigenvalue weighted by Gasteiger charge is 2.17. The lowest BCUT2D eigenvalue weighted by Crippen LogP contribution is -2.30. The summed E-state index contributed by atoms with van der Waals surface area (Å²) in [4.78, 5) is 25.3. The topological polar surface area (TPSA) is 61.8 Å². The average molecular weight is 809 g/mol. The van der Waals surface area contributed by atoms with E-state index in [1.165, 1.54) is 116 Å². The fourth-order valence-corrected chi connectivity index (χ4v) is 6.60. The first-order valence-electron chi connectivity index (χ1n) is 24.5. The van der Waals surface area contributed by atoms with Gasteiger partial charge in [0.15, 0.2) is 6.10 Å². The largest absolute Gasteiger partial charge is 0.462 e. The molecule has 0 aliphatic rings. The fourth-order valence-electron chi connectivity index (χ4n) is 6.60. The van der Waals surface area contributed by atoms with E-state index < -0.39 is 6.10 Å². The van der Waals surface area contributed by atoms with Crippen LogP contribution in [0, 0.1) is 0 Å². The van der Waals surface area contributed by atoms with Crippen LogP contribution in [0.25, 0.3) is 0 Å². The Hall–Kier alpha value is -2.66. The van der Waals surface area contributed by atoms with Crippen LogP contribution in [0.15, 0.2) is 72.9 Å². The third-order valence-corrected chi connectivity index (χ3v) is 10.2. The fraction of sp³-hybridized carbons (Fsp3) is 0.736. The van der Waals surface area contributed by atoms with Gasteiger partial charge in [-0.3, -0.25) is 9.59 Å². The second-order valence-electron chi connectivity index (χ2n) is 16.0. The Morgan fingerprint density at radius 1 is 0.397 bits per heavy atom. The molecule has 1 atom stereocenters. The van der Waals surface area contributed by atoms with Crippen molar-refractivity contribution in [2.45, 2.75) is 232 Å². The minimum absolute atomic E-state index is 0.0590. The van der Waals surface area contributed by atoms with E-state index in [1.807, 2.05) is 0 Å². The Bertz CT molecular complexity index is 1050. The second-order valence-corrected chi connectivity index (χ2v) is 16.0. The van der Waals surface area contributed by atoms with Crippen molar-refractivity contribution in [2.24, 2.45) is 0 Å². The third kappa shape index (κ3) is 46.0. The Kier molecular flexibility index (Phi) is 46.5. The van der Waals surface area contributed by atoms with Crippen molar-refractivity contribution in [3.05, 3.63) is 72.9 Å². The number of ether oxygens (including phenoxy) is 3. The lowest BCUT2D eigenvalue weighted by molar-refractivity contribution is -0.163. The van der Waals surface area contributed by atoms with Crippen molar-refractivity contribution in [2.75, 3.05) is 19.8 Å². The number of carbonyl (C=O) groups is 2. The van der Waals surface area contributed by atoms with Crippen LogP contribution in [0.4, 0.5) is 0 Å². The Morgan fingerprint density at radius 2 is 0.810 bits per heavy atom. The molecule has 0 spiro atoms. The SMILES string of the molecule is CC/C=C\C/C=C\C/C=C\C/C=C\CCCCC(=O)OCC(COCCCCCCCC/C=C\C/C=C\CCC)OC(=O)CCCCCCCCCCCCCCC. The van der Waals surface area contributed by atoms with E-state index in [4.69, 9.17) is 14.2 Å². The first kappa shape index (κ1) is 55.3. The first-order chi connectivity index (χ1) is 28.6. The highest BCUT2D eigenvalue weighted by Crippen LogP contribution is 2.14. The minimum atomic E-state index is -0.557. The molecular formula is C53H92O5. The summed E-state index contributed by atoms with van der Waals surface area (Å²) in [6.45, 7) is 7.59. The summed E-state index contributed by atoms with van der Waals surface area (Å²) in [6, 6.07) is 0. The van der Waals surface area contributed by atoms with Crippen molar-refractivity contribution >= 4 is 11.9 Å². The molecule has 0 aromatic carbocycles. The molecule has 0 heterocycles. The molecule has 334 valence electrons. The highest BCUT2D eigenvalue weighted by atomic mass is 16.6. The van der Waals surface area contributed by atoms with Gasteiger partial charge in [0.2, 0.25) is 0 Å². The minimum Gasteiger partial charge on any atom is -0.462 e. The molecule has 0 fully saturated rings. The van der Waals surface area contributed by atoms with Crippen LogP contribution < -0.4 is 0 Å². The molecule has 0 N–H and O–H groups in total. The van der Waals surface area contributed by atoms with Crippen LogP contribution in [0.3, 0.4) is 0 Å². The van der Waals surface area contributed by atoms with Crippen molar-refractivity contribution < 1.29 is 23.8 Å². The summed E-state index contributed by atoms with van der Waals surface area (Å²) in [5.74, 6) is -0.449. The Morgan fingerprint density at radius 3 is 1.34 bits per heavy atom. The summed E-state index contributed by atoms with van der Waals surface area (Å²) in [6.07, 6.45) is 61.9. The summed E-state index contributed by atoms with van der Waals surface area (Å²) in [5, 5.41) is 0. The second kappa shape index (κ2) is 48.7.